The molecule has 6 rings (SSSR count). The van der Waals surface area contributed by atoms with Gasteiger partial charge >= 0.3 is 35.8 Å². The van der Waals surface area contributed by atoms with E-state index in [2.05, 4.69) is 125 Å². The summed E-state index contributed by atoms with van der Waals surface area (Å²) in [5.74, 6) is 1.45. The molecule has 1 atom stereocenters. The highest BCUT2D eigenvalue weighted by atomic mass is 16.6. The number of hydrogen-bond donors (Lipinski definition) is 0. The maximum Gasteiger partial charge on any atom is 0.309 e. The second-order valence-corrected chi connectivity index (χ2v) is 34.8. The van der Waals surface area contributed by atoms with Gasteiger partial charge in [-0.3, -0.25) is 28.8 Å². The molecule has 0 saturated heterocycles. The fourth-order valence-electron chi connectivity index (χ4n) is 17.9. The van der Waals surface area contributed by atoms with Gasteiger partial charge in [-0.1, -0.05) is 144 Å². The molecule has 6 aliphatic rings. The molecule has 0 spiro atoms. The lowest BCUT2D eigenvalue weighted by Crippen LogP contribution is -2.51. The predicted octanol–water partition coefficient (Wildman–Crippen LogP) is 18.3. The summed E-state index contributed by atoms with van der Waals surface area (Å²) in [5.41, 5.74) is 0. The molecule has 109 heavy (non-hydrogen) atoms. The van der Waals surface area contributed by atoms with Crippen molar-refractivity contribution in [3.05, 3.63) is 0 Å². The molecule has 6 saturated carbocycles. The van der Waals surface area contributed by atoms with Crippen molar-refractivity contribution < 1.29 is 84.1 Å². The Hall–Kier alpha value is -3.42. The van der Waals surface area contributed by atoms with E-state index in [1.54, 1.807) is 0 Å². The van der Waals surface area contributed by atoms with Gasteiger partial charge in [0.05, 0.1) is 155 Å². The molecule has 0 aromatic carbocycles. The Balaban J connectivity index is 0.000000655. The molecule has 0 aliphatic heterocycles. The Morgan fingerprint density at radius 2 is 0.376 bits per heavy atom. The van der Waals surface area contributed by atoms with Gasteiger partial charge in [0.2, 0.25) is 0 Å². The zero-order valence-corrected chi connectivity index (χ0v) is 75.2. The highest BCUT2D eigenvalue weighted by Crippen LogP contribution is 2.30. The molecule has 0 aromatic heterocycles. The molecule has 6 aliphatic carbocycles. The molecule has 6 fully saturated rings. The van der Waals surface area contributed by atoms with Crippen LogP contribution in [0.5, 0.6) is 0 Å². The van der Waals surface area contributed by atoms with E-state index < -0.39 is 0 Å². The summed E-state index contributed by atoms with van der Waals surface area (Å²) in [5, 5.41) is 0. The predicted molar refractivity (Wildman–Crippen MR) is 450 cm³/mol. The quantitative estimate of drug-likeness (QED) is 0.0323. The fourth-order valence-corrected chi connectivity index (χ4v) is 17.9. The minimum Gasteiger partial charge on any atom is -0.459 e. The van der Waals surface area contributed by atoms with Crippen LogP contribution >= 0.6 is 0 Å². The van der Waals surface area contributed by atoms with Gasteiger partial charge in [-0.2, -0.15) is 0 Å². The van der Waals surface area contributed by atoms with E-state index in [-0.39, 0.29) is 71.3 Å². The van der Waals surface area contributed by atoms with Crippen LogP contribution < -0.4 is 0 Å². The largest absolute Gasteiger partial charge is 0.459 e. The average Bonchev–Trinajstić information content (AvgIpc) is 1.22. The number of quaternary nitrogens is 6. The number of ether oxygens (including phenoxy) is 6. The number of esters is 6. The van der Waals surface area contributed by atoms with Crippen LogP contribution in [0, 0.1) is 35.5 Å². The second-order valence-electron chi connectivity index (χ2n) is 34.8. The Labute approximate surface area is 672 Å². The number of carbonyl (C=O) groups is 6. The van der Waals surface area contributed by atoms with Crippen molar-refractivity contribution in [3.8, 4) is 0 Å². The monoisotopic (exact) mass is 1550 g/mol. The number of likely N-dealkylation sites (N-methyl/N-ethyl adjacent to an activating group) is 6. The van der Waals surface area contributed by atoms with Crippen LogP contribution in [0.25, 0.3) is 0 Å². The van der Waals surface area contributed by atoms with Gasteiger partial charge in [-0.25, -0.2) is 0 Å². The van der Waals surface area contributed by atoms with Crippen molar-refractivity contribution in [2.75, 3.05) is 198 Å². The smallest absolute Gasteiger partial charge is 0.309 e. The fraction of sp³-hybridized carbons (Fsp3) is 0.934. The SMILES string of the molecule is CCCC[N+](CC)(CCC)CCOC(=O)C1CCCC1.CCC[N+](CC)(CCC)CCOC(=O)C1CCCC1.CCC[N+](CC)(CCC)CCOC(=O)C1CCCCC1.CC[N+](CC)(CC)CCOC(=O)C1CCCC1.CC[N+](CC)(CC)CCOC(=O)C1CCCCC1.C[N+](C)(C)CCOC(=O)C1CCCCC1. The van der Waals surface area contributed by atoms with E-state index in [4.69, 9.17) is 28.4 Å². The summed E-state index contributed by atoms with van der Waals surface area (Å²) in [6, 6.07) is 0. The van der Waals surface area contributed by atoms with Crippen LogP contribution in [0.15, 0.2) is 0 Å². The van der Waals surface area contributed by atoms with Crippen LogP contribution in [0.3, 0.4) is 0 Å². The average molecular weight is 1550 g/mol. The number of nitrogens with zero attached hydrogens (tertiary/aromatic N) is 6. The second kappa shape index (κ2) is 61.0. The van der Waals surface area contributed by atoms with Gasteiger partial charge in [0, 0.05) is 0 Å². The third kappa shape index (κ3) is 43.2. The Morgan fingerprint density at radius 3 is 0.541 bits per heavy atom. The van der Waals surface area contributed by atoms with Crippen LogP contribution in [0.2, 0.25) is 0 Å². The lowest BCUT2D eigenvalue weighted by molar-refractivity contribution is -0.927. The van der Waals surface area contributed by atoms with Crippen molar-refractivity contribution in [2.24, 2.45) is 35.5 Å². The lowest BCUT2D eigenvalue weighted by Gasteiger charge is -2.37. The van der Waals surface area contributed by atoms with Crippen LogP contribution in [-0.2, 0) is 57.2 Å². The highest BCUT2D eigenvalue weighted by molar-refractivity contribution is 5.74. The van der Waals surface area contributed by atoms with Gasteiger partial charge in [-0.05, 0) is 178 Å². The molecule has 1 unspecified atom stereocenters. The van der Waals surface area contributed by atoms with Crippen LogP contribution in [0.4, 0.5) is 0 Å². The topological polar surface area (TPSA) is 158 Å². The van der Waals surface area contributed by atoms with Gasteiger partial charge in [0.15, 0.2) is 0 Å². The molecule has 0 amide bonds. The highest BCUT2D eigenvalue weighted by Gasteiger charge is 2.33. The van der Waals surface area contributed by atoms with E-state index in [9.17, 15) is 28.8 Å². The zero-order valence-electron chi connectivity index (χ0n) is 75.2. The number of unbranched alkanes of at least 4 members (excludes halogenated alkanes) is 1. The summed E-state index contributed by atoms with van der Waals surface area (Å²) >= 11 is 0. The van der Waals surface area contributed by atoms with E-state index in [0.717, 1.165) is 202 Å². The molecular weight excluding hydrogens is 1370 g/mol. The van der Waals surface area contributed by atoms with Crippen molar-refractivity contribution in [3.63, 3.8) is 0 Å². The molecular formula is C91H182N6O12+6. The van der Waals surface area contributed by atoms with Crippen molar-refractivity contribution in [2.45, 2.75) is 322 Å². The minimum atomic E-state index is 0.0307. The molecule has 0 radical (unpaired) electrons. The van der Waals surface area contributed by atoms with Gasteiger partial charge in [0.1, 0.15) is 78.9 Å². The molecule has 642 valence electrons. The Morgan fingerprint density at radius 1 is 0.211 bits per heavy atom. The molecule has 0 bridgehead atoms. The number of rotatable bonds is 46. The molecule has 0 N–H and O–H groups in total. The van der Waals surface area contributed by atoms with Crippen LogP contribution in [-0.4, -0.2) is 261 Å². The number of hydrogen-bond acceptors (Lipinski definition) is 12. The van der Waals surface area contributed by atoms with Crippen molar-refractivity contribution >= 4 is 35.8 Å². The standard InChI is InChI=1S/2C17H34NO2.C16H32NO2.C15H30NO2.C14H28NO2.C12H24NO2/c1-4-12-18(6-3,13-5-2)14-15-20-17(19)16-10-8-7-9-11-16;1-4-7-13-18(6-3,12-5-2)14-15-20-17(19)16-10-8-9-11-16;1-4-11-17(6-3,12-5-2)13-14-19-16(18)15-9-7-8-10-15;1-4-16(5-2,6-3)12-13-18-15(17)14-10-8-7-9-11-14;1-4-15(5-2,6-3)11-12-17-14(16)13-9-7-8-10-13;1-13(2,3)9-10-15-12(14)11-7-5-4-6-8-11/h2*16H,4-15H2,1-3H3;15H,4-14H2,1-3H3;14H,4-13H2,1-3H3;13H,4-12H2,1-3H3;11H,4-10H2,1-3H3/q6*+1. The maximum absolute atomic E-state index is 12.1. The molecule has 18 heteroatoms. The first-order valence-electron chi connectivity index (χ1n) is 46.4. The van der Waals surface area contributed by atoms with E-state index in [0.29, 0.717) is 39.6 Å². The summed E-state index contributed by atoms with van der Waals surface area (Å²) < 4.78 is 39.1. The Bertz CT molecular complexity index is 2260. The molecule has 18 nitrogen and oxygen atoms in total. The third-order valence-corrected chi connectivity index (χ3v) is 26.5. The maximum atomic E-state index is 12.1. The molecule has 0 heterocycles. The summed E-state index contributed by atoms with van der Waals surface area (Å²) in [7, 11) is 6.32. The first-order chi connectivity index (χ1) is 52.3. The third-order valence-electron chi connectivity index (χ3n) is 26.5. The Kier molecular flexibility index (Phi) is 58.0. The van der Waals surface area contributed by atoms with Gasteiger partial charge in [0.25, 0.3) is 0 Å². The van der Waals surface area contributed by atoms with Gasteiger partial charge < -0.3 is 55.3 Å². The zero-order chi connectivity index (χ0) is 81.3. The van der Waals surface area contributed by atoms with Crippen LogP contribution in [0.1, 0.15) is 322 Å². The van der Waals surface area contributed by atoms with Crippen molar-refractivity contribution in [1.29, 1.82) is 0 Å². The summed E-state index contributed by atoms with van der Waals surface area (Å²) in [4.78, 5) is 71.3. The minimum absolute atomic E-state index is 0.0307. The van der Waals surface area contributed by atoms with Crippen molar-refractivity contribution in [1.82, 2.24) is 0 Å². The lowest BCUT2D eigenvalue weighted by atomic mass is 9.89. The summed E-state index contributed by atoms with van der Waals surface area (Å²) in [6.07, 6.45) is 39.1. The van der Waals surface area contributed by atoms with E-state index >= 15 is 0 Å². The molecule has 0 aromatic rings. The van der Waals surface area contributed by atoms with Gasteiger partial charge in [-0.15, -0.1) is 0 Å². The first kappa shape index (κ1) is 104. The van der Waals surface area contributed by atoms with E-state index in [1.807, 2.05) is 0 Å². The number of carbonyl (C=O) groups excluding carboxylic acids is 6. The first-order valence-corrected chi connectivity index (χ1v) is 46.4. The van der Waals surface area contributed by atoms with E-state index in [1.165, 1.54) is 181 Å². The normalized spacial score (nSPS) is 17.8. The summed E-state index contributed by atoms with van der Waals surface area (Å²) in [6.45, 7) is 60.2.